The molecule has 2 nitrogen and oxygen atoms in total. The van der Waals surface area contributed by atoms with Crippen molar-refractivity contribution in [3.05, 3.63) is 205 Å². The number of rotatable bonds is 32. The van der Waals surface area contributed by atoms with Gasteiger partial charge in [-0.2, -0.15) is 0 Å². The molecule has 2 atom stereocenters. The van der Waals surface area contributed by atoms with E-state index in [0.717, 1.165) is 0 Å². The fraction of sp³-hybridized carbons (Fsp3) is 0.385. The average Bonchev–Trinajstić information content (AvgIpc) is 2.70. The van der Waals surface area contributed by atoms with E-state index in [4.69, 9.17) is 0 Å². The minimum absolute atomic E-state index is 1.25. The minimum Gasteiger partial charge on any atom is -0.363 e. The highest BCUT2D eigenvalue weighted by Crippen LogP contribution is 2.39. The van der Waals surface area contributed by atoms with Gasteiger partial charge in [0.1, 0.15) is 0 Å². The van der Waals surface area contributed by atoms with Crippen LogP contribution in [0.1, 0.15) is 167 Å². The highest BCUT2D eigenvalue weighted by Gasteiger charge is 2.45. The third kappa shape index (κ3) is 12.6. The van der Waals surface area contributed by atoms with E-state index >= 15 is 0 Å². The van der Waals surface area contributed by atoms with Crippen molar-refractivity contribution in [2.45, 2.75) is 194 Å². The number of unbranched alkanes of at least 4 members (excludes halogenated alkanes) is 16. The third-order valence-corrected chi connectivity index (χ3v) is 34.4. The fourth-order valence-electron chi connectivity index (χ4n) is 15.1. The van der Waals surface area contributed by atoms with Crippen molar-refractivity contribution < 1.29 is 0 Å². The first kappa shape index (κ1) is 60.1. The molecule has 2 heterocycles. The lowest BCUT2D eigenvalue weighted by atomic mass is 10.1. The van der Waals surface area contributed by atoms with Gasteiger partial charge in [0, 0.05) is 43.6 Å². The molecule has 0 amide bonds. The van der Waals surface area contributed by atoms with Gasteiger partial charge in [-0.1, -0.05) is 325 Å². The summed E-state index contributed by atoms with van der Waals surface area (Å²) in [7, 11) is -7.89. The van der Waals surface area contributed by atoms with Crippen LogP contribution < -0.4 is 31.1 Å². The van der Waals surface area contributed by atoms with E-state index in [1.807, 2.05) is 0 Å². The molecule has 0 bridgehead atoms. The Morgan fingerprint density at radius 1 is 0.253 bits per heavy atom. The molecule has 0 N–H and O–H groups in total. The first-order valence-corrected chi connectivity index (χ1v) is 39.9. The summed E-state index contributed by atoms with van der Waals surface area (Å²) in [5.74, 6) is 0. The van der Waals surface area contributed by atoms with Gasteiger partial charge in [-0.15, -0.1) is 0 Å². The summed E-state index contributed by atoms with van der Waals surface area (Å²) in [5, 5.41) is 14.7. The van der Waals surface area contributed by atoms with E-state index in [-0.39, 0.29) is 0 Å². The van der Waals surface area contributed by atoms with Crippen LogP contribution in [0.2, 0.25) is 24.2 Å². The Kier molecular flexibility index (Phi) is 20.8. The largest absolute Gasteiger partial charge is 0.363 e. The molecule has 0 saturated carbocycles. The number of nitrogens with zero attached hydrogens (tertiary/aromatic N) is 2. The molecular weight excluding hydrogens is 1050 g/mol. The predicted molar refractivity (Wildman–Crippen MR) is 374 cm³/mol. The Morgan fingerprint density at radius 3 is 0.892 bits per heavy atom. The van der Waals surface area contributed by atoms with Crippen LogP contribution in [0.15, 0.2) is 194 Å². The zero-order chi connectivity index (χ0) is 57.5. The van der Waals surface area contributed by atoms with Gasteiger partial charge >= 0.3 is 0 Å². The van der Waals surface area contributed by atoms with Crippen LogP contribution in [0.3, 0.4) is 0 Å². The molecule has 0 aliphatic heterocycles. The summed E-state index contributed by atoms with van der Waals surface area (Å²) in [6, 6.07) is 83.6. The van der Waals surface area contributed by atoms with Crippen LogP contribution in [0.4, 0.5) is 0 Å². The molecule has 432 valence electrons. The zero-order valence-electron chi connectivity index (χ0n) is 51.8. The molecule has 0 radical (unpaired) electrons. The van der Waals surface area contributed by atoms with Gasteiger partial charge in [0.05, 0.1) is 0 Å². The van der Waals surface area contributed by atoms with Crippen LogP contribution in [0, 0.1) is 13.8 Å². The SMILES string of the molecule is CCCCCCCC[Si](CCCCCCC)(c1ccc([Si](c2ccccc2)(c2ccccc2)c2ccc([Si](CCCCCC)(CCCCCCC)n3c4ccccc4c4cc(C)ccc43)cc2)cc1)n1c2ccccc2c2cc(C)ccc21. The number of para-hydroxylation sites is 2. The van der Waals surface area contributed by atoms with Crippen LogP contribution in [-0.4, -0.2) is 33.0 Å². The number of hydrogen-bond acceptors (Lipinski definition) is 0. The second kappa shape index (κ2) is 28.7. The van der Waals surface area contributed by atoms with E-state index in [0.29, 0.717) is 0 Å². The van der Waals surface area contributed by atoms with Crippen molar-refractivity contribution in [2.75, 3.05) is 0 Å². The molecular formula is C78H98N2Si3. The first-order chi connectivity index (χ1) is 40.8. The van der Waals surface area contributed by atoms with Gasteiger partial charge in [-0.25, -0.2) is 0 Å². The van der Waals surface area contributed by atoms with E-state index < -0.39 is 24.5 Å². The van der Waals surface area contributed by atoms with Crippen molar-refractivity contribution in [3.63, 3.8) is 0 Å². The molecule has 83 heavy (non-hydrogen) atoms. The van der Waals surface area contributed by atoms with Gasteiger partial charge in [-0.3, -0.25) is 0 Å². The van der Waals surface area contributed by atoms with Crippen LogP contribution >= 0.6 is 0 Å². The zero-order valence-corrected chi connectivity index (χ0v) is 54.8. The molecule has 0 aliphatic rings. The second-order valence-electron chi connectivity index (χ2n) is 25.1. The van der Waals surface area contributed by atoms with E-state index in [2.05, 4.69) is 244 Å². The van der Waals surface area contributed by atoms with Crippen LogP contribution in [-0.2, 0) is 0 Å². The Balaban J connectivity index is 1.18. The Hall–Kier alpha value is -5.99. The van der Waals surface area contributed by atoms with Crippen molar-refractivity contribution in [1.29, 1.82) is 0 Å². The normalized spacial score (nSPS) is 13.6. The van der Waals surface area contributed by atoms with Crippen molar-refractivity contribution in [1.82, 2.24) is 8.47 Å². The minimum atomic E-state index is -2.93. The third-order valence-electron chi connectivity index (χ3n) is 19.4. The topological polar surface area (TPSA) is 9.86 Å². The fourth-order valence-corrected chi connectivity index (χ4v) is 30.5. The Bertz CT molecular complexity index is 3570. The van der Waals surface area contributed by atoms with Crippen LogP contribution in [0.5, 0.6) is 0 Å². The summed E-state index contributed by atoms with van der Waals surface area (Å²) in [6.45, 7) is 14.0. The highest BCUT2D eigenvalue weighted by molar-refractivity contribution is 7.20. The Morgan fingerprint density at radius 2 is 0.530 bits per heavy atom. The summed E-state index contributed by atoms with van der Waals surface area (Å²) >= 11 is 0. The maximum atomic E-state index is 3.00. The molecule has 5 heteroatoms. The van der Waals surface area contributed by atoms with Crippen molar-refractivity contribution in [3.8, 4) is 0 Å². The van der Waals surface area contributed by atoms with E-state index in [1.54, 1.807) is 10.4 Å². The monoisotopic (exact) mass is 1150 g/mol. The van der Waals surface area contributed by atoms with Gasteiger partial charge in [-0.05, 0) is 106 Å². The molecule has 10 aromatic rings. The smallest absolute Gasteiger partial charge is 0.193 e. The second-order valence-corrected chi connectivity index (χ2v) is 37.1. The molecule has 0 spiro atoms. The number of aryl methyl sites for hydroxylation is 2. The highest BCUT2D eigenvalue weighted by atomic mass is 28.3. The lowest BCUT2D eigenvalue weighted by molar-refractivity contribution is 0.619. The number of benzene rings is 8. The summed E-state index contributed by atoms with van der Waals surface area (Å²) in [6.07, 6.45) is 26.0. The molecule has 0 aliphatic carbocycles. The van der Waals surface area contributed by atoms with Gasteiger partial charge < -0.3 is 8.47 Å². The Labute approximate surface area is 504 Å². The lowest BCUT2D eigenvalue weighted by Gasteiger charge is -2.38. The molecule has 2 aromatic heterocycles. The van der Waals surface area contributed by atoms with Gasteiger partial charge in [0.15, 0.2) is 24.5 Å². The summed E-state index contributed by atoms with van der Waals surface area (Å²) in [5.41, 5.74) is 8.41. The maximum Gasteiger partial charge on any atom is 0.193 e. The van der Waals surface area contributed by atoms with Gasteiger partial charge in [0.2, 0.25) is 0 Å². The standard InChI is InChI=1S/C78H98N2Si3/c1-7-11-15-19-22-36-60-82(59-35-21-17-13-9-3,80-76-44-32-30-42-72(76)74-62-64(6)46-56-78(74)80)66-49-53-70(54-50-66)83(67-37-25-23-26-38-67,68-39-27-24-28-40-68)69-51-47-65(48-52-69)81(57-33-18-14-10-4,58-34-20-16-12-8-2)79-75-43-31-29-41-71(75)73-61-63(5)45-55-77(73)79/h23-32,37-56,61-62H,7-22,33-36,57-60H2,1-6H3. The molecule has 0 saturated heterocycles. The molecule has 2 unspecified atom stereocenters. The van der Waals surface area contributed by atoms with E-state index in [1.165, 1.54) is 228 Å². The average molecular weight is 1150 g/mol. The number of aromatic nitrogens is 2. The first-order valence-electron chi connectivity index (χ1n) is 33.2. The predicted octanol–water partition coefficient (Wildman–Crippen LogP) is 19.2. The number of hydrogen-bond donors (Lipinski definition) is 0. The maximum absolute atomic E-state index is 3.00. The van der Waals surface area contributed by atoms with E-state index in [9.17, 15) is 0 Å². The quantitative estimate of drug-likeness (QED) is 0.0226. The summed E-state index contributed by atoms with van der Waals surface area (Å²) in [4.78, 5) is 0. The van der Waals surface area contributed by atoms with Gasteiger partial charge in [0.25, 0.3) is 0 Å². The lowest BCUT2D eigenvalue weighted by Crippen LogP contribution is -2.75. The van der Waals surface area contributed by atoms with Crippen molar-refractivity contribution >= 4 is 99.3 Å². The molecule has 8 aromatic carbocycles. The van der Waals surface area contributed by atoms with Crippen LogP contribution in [0.25, 0.3) is 43.6 Å². The number of fused-ring (bicyclic) bond motifs is 6. The molecule has 0 fully saturated rings. The van der Waals surface area contributed by atoms with Crippen molar-refractivity contribution in [2.24, 2.45) is 0 Å². The molecule has 10 rings (SSSR count). The summed E-state index contributed by atoms with van der Waals surface area (Å²) < 4.78 is 5.98.